The fraction of sp³-hybridized carbons (Fsp3) is 0.561. The molecule has 2 aromatic carbocycles. The van der Waals surface area contributed by atoms with Crippen molar-refractivity contribution in [3.63, 3.8) is 0 Å². The molecule has 1 aromatic heterocycles. The van der Waals surface area contributed by atoms with Crippen molar-refractivity contribution in [2.24, 2.45) is 11.7 Å². The molecule has 8 N–H and O–H groups in total. The van der Waals surface area contributed by atoms with Gasteiger partial charge in [-0.25, -0.2) is 4.98 Å². The molecular formula is C41H61B2Cl2N11O7. The Balaban J connectivity index is 0.000000210. The summed E-state index contributed by atoms with van der Waals surface area (Å²) in [6.07, 6.45) is 8.67. The summed E-state index contributed by atoms with van der Waals surface area (Å²) in [4.78, 5) is 46.9. The molecule has 4 aliphatic rings. The van der Waals surface area contributed by atoms with Gasteiger partial charge in [-0.1, -0.05) is 23.2 Å². The monoisotopic (exact) mass is 911 g/mol. The zero-order chi connectivity index (χ0) is 45.6. The highest BCUT2D eigenvalue weighted by Crippen LogP contribution is 2.32. The Hall–Kier alpha value is -4.27. The number of hydrogen-bond donors (Lipinski definition) is 6. The molecule has 0 bridgehead atoms. The van der Waals surface area contributed by atoms with E-state index in [1.54, 1.807) is 44.1 Å². The first-order chi connectivity index (χ1) is 30.1. The molecule has 4 saturated heterocycles. The Morgan fingerprint density at radius 2 is 1.21 bits per heavy atom. The third-order valence-corrected chi connectivity index (χ3v) is 12.7. The average Bonchev–Trinajstić information content (AvgIpc) is 3.26. The number of hydrogen-bond acceptors (Lipinski definition) is 15. The summed E-state index contributed by atoms with van der Waals surface area (Å²) in [5, 5.41) is 48.2. The summed E-state index contributed by atoms with van der Waals surface area (Å²) < 4.78 is 0. The lowest BCUT2D eigenvalue weighted by Gasteiger charge is -2.37. The lowest BCUT2D eigenvalue weighted by molar-refractivity contribution is -0.384. The molecule has 0 saturated carbocycles. The van der Waals surface area contributed by atoms with Crippen LogP contribution in [0.15, 0.2) is 54.7 Å². The molecule has 4 aliphatic heterocycles. The molecule has 1 amide bonds. The number of nitrogens with one attached hydrogen (secondary N) is 2. The normalized spacial score (nSPS) is 18.6. The number of nitro benzene ring substituents is 2. The number of likely N-dealkylation sites (tertiary alicyclic amines) is 2. The summed E-state index contributed by atoms with van der Waals surface area (Å²) in [6.45, 7) is 10.9. The van der Waals surface area contributed by atoms with Crippen LogP contribution in [0.3, 0.4) is 0 Å². The van der Waals surface area contributed by atoms with E-state index in [0.717, 1.165) is 103 Å². The molecule has 22 heteroatoms. The molecule has 0 radical (unpaired) electrons. The van der Waals surface area contributed by atoms with Gasteiger partial charge in [0.25, 0.3) is 11.4 Å². The largest absolute Gasteiger partial charge is 0.437 e. The summed E-state index contributed by atoms with van der Waals surface area (Å²) in [5.41, 5.74) is 13.5. The minimum absolute atomic E-state index is 0.00421. The van der Waals surface area contributed by atoms with Gasteiger partial charge >= 0.3 is 14.1 Å². The maximum atomic E-state index is 13.1. The number of pyridine rings is 1. The van der Waals surface area contributed by atoms with Crippen LogP contribution in [-0.2, 0) is 11.3 Å². The average molecular weight is 913 g/mol. The van der Waals surface area contributed by atoms with Crippen LogP contribution >= 0.6 is 23.2 Å². The first-order valence-electron chi connectivity index (χ1n) is 21.8. The Labute approximate surface area is 380 Å². The number of nitrogens with two attached hydrogens (primary N) is 2. The molecular weight excluding hydrogens is 851 g/mol. The van der Waals surface area contributed by atoms with Gasteiger partial charge in [-0.15, -0.1) is 0 Å². The van der Waals surface area contributed by atoms with Crippen molar-refractivity contribution < 1.29 is 24.7 Å². The lowest BCUT2D eigenvalue weighted by atomic mass is 9.82. The number of amides is 1. The van der Waals surface area contributed by atoms with Crippen molar-refractivity contribution >= 4 is 71.8 Å². The SMILES string of the molecule is CB(O)N1CCC(N)CC1.CB(O)N1CCC(Nc2ccc(Cl)cc2[N+](=O)[O-])CC1.Nc1cc(CN2CCC(C(=O)N3CCC(Nc4ccc(Cl)cc4[N+](=O)[O-])CC3)CC2)ccn1. The van der Waals surface area contributed by atoms with Crippen LogP contribution in [-0.4, -0.2) is 135 Å². The molecule has 3 aromatic rings. The number of carbonyl (C=O) groups excluding carboxylic acids is 1. The molecule has 0 spiro atoms. The van der Waals surface area contributed by atoms with Crippen molar-refractivity contribution in [2.45, 2.75) is 89.7 Å². The smallest absolute Gasteiger partial charge is 0.376 e. The number of nitrogen functional groups attached to an aromatic ring is 1. The molecule has 18 nitrogen and oxygen atoms in total. The molecule has 0 unspecified atom stereocenters. The van der Waals surface area contributed by atoms with Gasteiger partial charge in [-0.3, -0.25) is 29.9 Å². The molecule has 4 fully saturated rings. The lowest BCUT2D eigenvalue weighted by Crippen LogP contribution is -2.47. The second-order valence-electron chi connectivity index (χ2n) is 16.8. The first-order valence-corrected chi connectivity index (χ1v) is 22.5. The van der Waals surface area contributed by atoms with E-state index in [-0.39, 0.29) is 42.3 Å². The van der Waals surface area contributed by atoms with E-state index in [9.17, 15) is 30.0 Å². The summed E-state index contributed by atoms with van der Waals surface area (Å²) >= 11 is 11.7. The van der Waals surface area contributed by atoms with Gasteiger partial charge in [0.1, 0.15) is 17.2 Å². The highest BCUT2D eigenvalue weighted by molar-refractivity contribution is 6.45. The van der Waals surface area contributed by atoms with E-state index in [0.29, 0.717) is 46.4 Å². The zero-order valence-electron chi connectivity index (χ0n) is 36.2. The van der Waals surface area contributed by atoms with Crippen molar-refractivity contribution in [2.75, 3.05) is 68.7 Å². The number of anilines is 3. The number of halogens is 2. The second kappa shape index (κ2) is 24.1. The Morgan fingerprint density at radius 1 is 0.746 bits per heavy atom. The number of benzene rings is 2. The van der Waals surface area contributed by atoms with Gasteiger partial charge in [0, 0.05) is 72.1 Å². The van der Waals surface area contributed by atoms with Crippen molar-refractivity contribution in [1.29, 1.82) is 0 Å². The molecule has 63 heavy (non-hydrogen) atoms. The maximum absolute atomic E-state index is 13.1. The highest BCUT2D eigenvalue weighted by atomic mass is 35.5. The fourth-order valence-electron chi connectivity index (χ4n) is 8.40. The Kier molecular flexibility index (Phi) is 19.1. The quantitative estimate of drug-likeness (QED) is 0.0813. The van der Waals surface area contributed by atoms with Gasteiger partial charge in [-0.05, 0) is 146 Å². The minimum Gasteiger partial charge on any atom is -0.437 e. The van der Waals surface area contributed by atoms with Gasteiger partial charge in [0.15, 0.2) is 0 Å². The predicted octanol–water partition coefficient (Wildman–Crippen LogP) is 5.30. The third kappa shape index (κ3) is 15.4. The Morgan fingerprint density at radius 3 is 1.65 bits per heavy atom. The molecule has 342 valence electrons. The first kappa shape index (κ1) is 49.7. The van der Waals surface area contributed by atoms with Crippen LogP contribution in [0.2, 0.25) is 23.7 Å². The highest BCUT2D eigenvalue weighted by Gasteiger charge is 2.32. The van der Waals surface area contributed by atoms with Crippen LogP contribution in [0.25, 0.3) is 0 Å². The standard InChI is InChI=1S/C23H29ClN6O3.C12H17BClN3O3.C6H15BN2O/c24-18-1-2-20(21(14-18)30(32)33)27-19-6-11-29(12-7-19)23(31)17-4-9-28(10-5-17)15-16-3-8-26-22(25)13-16;1-13(18)16-6-4-10(5-7-16)15-11-3-2-9(14)8-12(11)17(19)20;1-7(10)9-4-2-6(8)3-5-9/h1-3,8,13-14,17,19,27H,4-7,9-12,15H2,(H2,25,26);2-3,8,10,15,18H,4-7H2,1H3;6,10H,2-5,8H2,1H3. The number of piperidine rings is 4. The van der Waals surface area contributed by atoms with E-state index < -0.39 is 16.9 Å². The Bertz CT molecular complexity index is 1960. The van der Waals surface area contributed by atoms with Crippen molar-refractivity contribution in [3.05, 3.63) is 90.6 Å². The van der Waals surface area contributed by atoms with Crippen molar-refractivity contribution in [1.82, 2.24) is 24.4 Å². The van der Waals surface area contributed by atoms with E-state index in [1.165, 1.54) is 12.1 Å². The fourth-order valence-corrected chi connectivity index (χ4v) is 8.73. The van der Waals surface area contributed by atoms with Gasteiger partial charge < -0.3 is 46.7 Å². The molecule has 7 rings (SSSR count). The van der Waals surface area contributed by atoms with Crippen LogP contribution < -0.4 is 22.1 Å². The third-order valence-electron chi connectivity index (χ3n) is 12.2. The molecule has 5 heterocycles. The van der Waals surface area contributed by atoms with Crippen LogP contribution in [0, 0.1) is 26.1 Å². The van der Waals surface area contributed by atoms with Gasteiger partial charge in [-0.2, -0.15) is 0 Å². The summed E-state index contributed by atoms with van der Waals surface area (Å²) in [5.74, 6) is 0.825. The van der Waals surface area contributed by atoms with Gasteiger partial charge in [0.05, 0.1) is 9.85 Å². The summed E-state index contributed by atoms with van der Waals surface area (Å²) in [6, 6.07) is 13.8. The molecule has 0 aliphatic carbocycles. The van der Waals surface area contributed by atoms with E-state index in [4.69, 9.17) is 39.7 Å². The van der Waals surface area contributed by atoms with Crippen LogP contribution in [0.4, 0.5) is 28.6 Å². The van der Waals surface area contributed by atoms with Gasteiger partial charge in [0.2, 0.25) is 5.91 Å². The number of nitro groups is 2. The number of nitrogens with zero attached hydrogens (tertiary/aromatic N) is 7. The van der Waals surface area contributed by atoms with E-state index in [2.05, 4.69) is 20.5 Å². The predicted molar refractivity (Wildman–Crippen MR) is 251 cm³/mol. The van der Waals surface area contributed by atoms with Crippen LogP contribution in [0.5, 0.6) is 0 Å². The number of rotatable bonds is 11. The second-order valence-corrected chi connectivity index (χ2v) is 17.7. The van der Waals surface area contributed by atoms with Crippen LogP contribution in [0.1, 0.15) is 56.9 Å². The summed E-state index contributed by atoms with van der Waals surface area (Å²) in [7, 11) is -0.742. The number of carbonyl (C=O) groups is 1. The van der Waals surface area contributed by atoms with Crippen molar-refractivity contribution in [3.8, 4) is 0 Å². The number of aromatic nitrogens is 1. The maximum Gasteiger partial charge on any atom is 0.376 e. The zero-order valence-corrected chi connectivity index (χ0v) is 37.7. The minimum atomic E-state index is -0.444. The van der Waals surface area contributed by atoms with E-state index >= 15 is 0 Å². The molecule has 0 atom stereocenters. The van der Waals surface area contributed by atoms with E-state index in [1.807, 2.05) is 26.7 Å². The topological polar surface area (TPSA) is 246 Å².